The molecule has 154 valence electrons. The number of amides is 3. The Morgan fingerprint density at radius 1 is 1.07 bits per heavy atom. The largest absolute Gasteiger partial charge is 0.388 e. The van der Waals surface area contributed by atoms with Crippen molar-refractivity contribution in [1.82, 2.24) is 9.80 Å². The van der Waals surface area contributed by atoms with E-state index in [4.69, 9.17) is 0 Å². The van der Waals surface area contributed by atoms with Crippen molar-refractivity contribution in [1.29, 1.82) is 0 Å². The fourth-order valence-electron chi connectivity index (χ4n) is 3.74. The van der Waals surface area contributed by atoms with Crippen LogP contribution in [-0.4, -0.2) is 39.4 Å². The fraction of sp³-hybridized carbons (Fsp3) is 0.391. The zero-order chi connectivity index (χ0) is 21.1. The Labute approximate surface area is 180 Å². The van der Waals surface area contributed by atoms with Gasteiger partial charge in [-0.15, -0.1) is 0 Å². The Balaban J connectivity index is 1.78. The van der Waals surface area contributed by atoms with Gasteiger partial charge in [0.2, 0.25) is 5.91 Å². The summed E-state index contributed by atoms with van der Waals surface area (Å²) in [7, 11) is 0. The molecule has 3 atom stereocenters. The molecule has 3 rings (SSSR count). The van der Waals surface area contributed by atoms with Gasteiger partial charge in [0.15, 0.2) is 0 Å². The first kappa shape index (κ1) is 21.5. The summed E-state index contributed by atoms with van der Waals surface area (Å²) in [6.45, 7) is 6.50. The molecule has 1 aliphatic rings. The molecule has 0 unspecified atom stereocenters. The number of halogens is 1. The van der Waals surface area contributed by atoms with Gasteiger partial charge in [-0.25, -0.2) is 4.79 Å². The third-order valence-electron chi connectivity index (χ3n) is 5.58. The lowest BCUT2D eigenvalue weighted by Crippen LogP contribution is -2.43. The number of rotatable bonds is 6. The molecular weight excluding hydrogens is 432 g/mol. The molecule has 0 saturated carbocycles. The van der Waals surface area contributed by atoms with Gasteiger partial charge < -0.3 is 10.0 Å². The molecule has 1 saturated heterocycles. The van der Waals surface area contributed by atoms with E-state index in [2.05, 4.69) is 15.9 Å². The predicted octanol–water partition coefficient (Wildman–Crippen LogP) is 4.92. The molecule has 0 radical (unpaired) electrons. The summed E-state index contributed by atoms with van der Waals surface area (Å²) in [5.74, 6) is -0.215. The van der Waals surface area contributed by atoms with Gasteiger partial charge >= 0.3 is 6.03 Å². The van der Waals surface area contributed by atoms with Crippen LogP contribution in [0.15, 0.2) is 59.1 Å². The van der Waals surface area contributed by atoms with Crippen molar-refractivity contribution in [3.05, 3.63) is 70.2 Å². The van der Waals surface area contributed by atoms with Crippen molar-refractivity contribution in [3.63, 3.8) is 0 Å². The van der Waals surface area contributed by atoms with E-state index in [0.717, 1.165) is 10.0 Å². The minimum Gasteiger partial charge on any atom is -0.388 e. The highest BCUT2D eigenvalue weighted by molar-refractivity contribution is 9.10. The molecule has 3 amide bonds. The van der Waals surface area contributed by atoms with Gasteiger partial charge in [0, 0.05) is 11.0 Å². The standard InChI is InChI=1S/C23H27BrN2O3/c1-15(2)20-14-25(16(3)17-7-5-4-6-8-17)23(29)26(20)22(28)13-21(27)18-9-11-19(24)12-10-18/h4-12,15-16,20-21,27H,13-14H2,1-3H3/t16-,20-,21-/m1/s1. The van der Waals surface area contributed by atoms with Crippen LogP contribution in [0.4, 0.5) is 4.79 Å². The van der Waals surface area contributed by atoms with E-state index in [0.29, 0.717) is 12.1 Å². The van der Waals surface area contributed by atoms with Crippen molar-refractivity contribution >= 4 is 27.9 Å². The molecule has 6 heteroatoms. The Morgan fingerprint density at radius 2 is 1.69 bits per heavy atom. The smallest absolute Gasteiger partial charge is 0.327 e. The number of hydrogen-bond donors (Lipinski definition) is 1. The lowest BCUT2D eigenvalue weighted by atomic mass is 10.0. The van der Waals surface area contributed by atoms with E-state index in [1.54, 1.807) is 17.0 Å². The molecule has 0 aliphatic carbocycles. The molecular formula is C23H27BrN2O3. The van der Waals surface area contributed by atoms with Crippen LogP contribution in [0.1, 0.15) is 50.5 Å². The summed E-state index contributed by atoms with van der Waals surface area (Å²) in [5.41, 5.74) is 1.69. The molecule has 2 aromatic rings. The van der Waals surface area contributed by atoms with E-state index in [1.165, 1.54) is 4.90 Å². The number of nitrogens with zero attached hydrogens (tertiary/aromatic N) is 2. The van der Waals surface area contributed by atoms with Crippen molar-refractivity contribution < 1.29 is 14.7 Å². The number of carbonyl (C=O) groups excluding carboxylic acids is 2. The SMILES string of the molecule is CC(C)[C@H]1CN([C@H](C)c2ccccc2)C(=O)N1C(=O)C[C@@H](O)c1ccc(Br)cc1. The van der Waals surface area contributed by atoms with Crippen molar-refractivity contribution in [2.24, 2.45) is 5.92 Å². The van der Waals surface area contributed by atoms with E-state index in [1.807, 2.05) is 63.2 Å². The molecule has 0 aromatic heterocycles. The van der Waals surface area contributed by atoms with Gasteiger partial charge in [-0.1, -0.05) is 72.2 Å². The first-order chi connectivity index (χ1) is 13.8. The highest BCUT2D eigenvalue weighted by Gasteiger charge is 2.44. The van der Waals surface area contributed by atoms with Crippen molar-refractivity contribution in [2.45, 2.75) is 45.4 Å². The van der Waals surface area contributed by atoms with Crippen LogP contribution < -0.4 is 0 Å². The Kier molecular flexibility index (Phi) is 6.75. The molecule has 1 N–H and O–H groups in total. The molecule has 29 heavy (non-hydrogen) atoms. The highest BCUT2D eigenvalue weighted by atomic mass is 79.9. The molecule has 0 spiro atoms. The lowest BCUT2D eigenvalue weighted by molar-refractivity contribution is -0.131. The van der Waals surface area contributed by atoms with Crippen LogP contribution in [0, 0.1) is 5.92 Å². The first-order valence-corrected chi connectivity index (χ1v) is 10.7. The molecule has 2 aromatic carbocycles. The van der Waals surface area contributed by atoms with Crippen LogP contribution >= 0.6 is 15.9 Å². The number of urea groups is 1. The van der Waals surface area contributed by atoms with Gasteiger partial charge in [-0.3, -0.25) is 9.69 Å². The average Bonchev–Trinajstić information content (AvgIpc) is 3.06. The second-order valence-electron chi connectivity index (χ2n) is 7.87. The third-order valence-corrected chi connectivity index (χ3v) is 6.11. The zero-order valence-corrected chi connectivity index (χ0v) is 18.5. The summed E-state index contributed by atoms with van der Waals surface area (Å²) in [6.07, 6.45) is -1.07. The molecule has 1 heterocycles. The minimum atomic E-state index is -0.947. The first-order valence-electron chi connectivity index (χ1n) is 9.90. The lowest BCUT2D eigenvalue weighted by Gasteiger charge is -2.25. The number of benzene rings is 2. The third kappa shape index (κ3) is 4.70. The minimum absolute atomic E-state index is 0.121. The van der Waals surface area contributed by atoms with E-state index in [9.17, 15) is 14.7 Å². The zero-order valence-electron chi connectivity index (χ0n) is 17.0. The van der Waals surface area contributed by atoms with Crippen LogP contribution in [0.5, 0.6) is 0 Å². The van der Waals surface area contributed by atoms with Crippen molar-refractivity contribution in [2.75, 3.05) is 6.54 Å². The maximum Gasteiger partial charge on any atom is 0.327 e. The van der Waals surface area contributed by atoms with Gasteiger partial charge in [0.1, 0.15) is 0 Å². The number of hydrogen-bond acceptors (Lipinski definition) is 3. The fourth-order valence-corrected chi connectivity index (χ4v) is 4.01. The topological polar surface area (TPSA) is 60.9 Å². The van der Waals surface area contributed by atoms with Gasteiger partial charge in [-0.2, -0.15) is 0 Å². The predicted molar refractivity (Wildman–Crippen MR) is 116 cm³/mol. The Hall–Kier alpha value is -2.18. The molecule has 1 fully saturated rings. The number of carbonyl (C=O) groups is 2. The van der Waals surface area contributed by atoms with Gasteiger partial charge in [0.25, 0.3) is 0 Å². The maximum atomic E-state index is 13.2. The second-order valence-corrected chi connectivity index (χ2v) is 8.78. The quantitative estimate of drug-likeness (QED) is 0.667. The summed E-state index contributed by atoms with van der Waals surface area (Å²) in [6, 6.07) is 16.4. The van der Waals surface area contributed by atoms with E-state index >= 15 is 0 Å². The van der Waals surface area contributed by atoms with Crippen LogP contribution in [0.25, 0.3) is 0 Å². The summed E-state index contributed by atoms with van der Waals surface area (Å²) < 4.78 is 0.903. The Morgan fingerprint density at radius 3 is 2.28 bits per heavy atom. The van der Waals surface area contributed by atoms with Crippen LogP contribution in [-0.2, 0) is 4.79 Å². The molecule has 0 bridgehead atoms. The molecule has 1 aliphatic heterocycles. The monoisotopic (exact) mass is 458 g/mol. The summed E-state index contributed by atoms with van der Waals surface area (Å²) in [5, 5.41) is 10.5. The summed E-state index contributed by atoms with van der Waals surface area (Å²) >= 11 is 3.36. The maximum absolute atomic E-state index is 13.2. The van der Waals surface area contributed by atoms with E-state index < -0.39 is 6.10 Å². The van der Waals surface area contributed by atoms with Crippen LogP contribution in [0.3, 0.4) is 0 Å². The molecule has 5 nitrogen and oxygen atoms in total. The number of aliphatic hydroxyl groups is 1. The van der Waals surface area contributed by atoms with E-state index in [-0.39, 0.29) is 36.4 Å². The number of imide groups is 1. The summed E-state index contributed by atoms with van der Waals surface area (Å²) in [4.78, 5) is 29.3. The van der Waals surface area contributed by atoms with Crippen molar-refractivity contribution in [3.8, 4) is 0 Å². The second kappa shape index (κ2) is 9.09. The average molecular weight is 459 g/mol. The normalized spacial score (nSPS) is 19.0. The Bertz CT molecular complexity index is 854. The van der Waals surface area contributed by atoms with Gasteiger partial charge in [0.05, 0.1) is 24.6 Å². The van der Waals surface area contributed by atoms with Gasteiger partial charge in [-0.05, 0) is 36.1 Å². The van der Waals surface area contributed by atoms with Crippen LogP contribution in [0.2, 0.25) is 0 Å². The number of aliphatic hydroxyl groups excluding tert-OH is 1. The highest BCUT2D eigenvalue weighted by Crippen LogP contribution is 2.32.